The van der Waals surface area contributed by atoms with Crippen LogP contribution >= 0.6 is 0 Å². The molecule has 1 heterocycles. The lowest BCUT2D eigenvalue weighted by Crippen LogP contribution is -2.26. The number of amides is 1. The molecule has 146 valence electrons. The Hall–Kier alpha value is -3.28. The van der Waals surface area contributed by atoms with Gasteiger partial charge < -0.3 is 20.1 Å². The summed E-state index contributed by atoms with van der Waals surface area (Å²) in [5.41, 5.74) is 5.43. The van der Waals surface area contributed by atoms with Crippen molar-refractivity contribution in [2.24, 2.45) is 0 Å². The first kappa shape index (κ1) is 19.5. The van der Waals surface area contributed by atoms with Crippen LogP contribution in [0.25, 0.3) is 10.9 Å². The Kier molecular flexibility index (Phi) is 5.68. The maximum atomic E-state index is 12.5. The first-order valence-corrected chi connectivity index (χ1v) is 9.17. The molecule has 3 aromatic rings. The number of hydrogen-bond acceptors (Lipinski definition) is 3. The monoisotopic (exact) mass is 380 g/mol. The Balaban J connectivity index is 1.66. The normalized spacial score (nSPS) is 10.8. The topological polar surface area (TPSA) is 91.4 Å². The molecule has 2 aromatic carbocycles. The maximum Gasteiger partial charge on any atom is 0.341 e. The van der Waals surface area contributed by atoms with Crippen molar-refractivity contribution in [3.8, 4) is 5.75 Å². The highest BCUT2D eigenvalue weighted by molar-refractivity contribution is 5.95. The second kappa shape index (κ2) is 8.17. The fraction of sp³-hybridized carbons (Fsp3) is 0.273. The van der Waals surface area contributed by atoms with Crippen molar-refractivity contribution in [2.45, 2.75) is 27.2 Å². The number of fused-ring (bicyclic) bond motifs is 1. The van der Waals surface area contributed by atoms with Crippen LogP contribution in [0.5, 0.6) is 5.75 Å². The fourth-order valence-corrected chi connectivity index (χ4v) is 3.50. The molecular formula is C22H24N2O4. The second-order valence-corrected chi connectivity index (χ2v) is 6.90. The lowest BCUT2D eigenvalue weighted by Gasteiger charge is -2.13. The number of carboxylic acids is 1. The summed E-state index contributed by atoms with van der Waals surface area (Å²) < 4.78 is 5.31. The number of aliphatic carboxylic acids is 1. The summed E-state index contributed by atoms with van der Waals surface area (Å²) in [4.78, 5) is 26.6. The van der Waals surface area contributed by atoms with Gasteiger partial charge >= 0.3 is 5.97 Å². The van der Waals surface area contributed by atoms with Crippen molar-refractivity contribution < 1.29 is 19.4 Å². The molecule has 28 heavy (non-hydrogen) atoms. The number of para-hydroxylation sites is 1. The minimum atomic E-state index is -1.03. The smallest absolute Gasteiger partial charge is 0.341 e. The van der Waals surface area contributed by atoms with Crippen molar-refractivity contribution in [1.29, 1.82) is 0 Å². The largest absolute Gasteiger partial charge is 0.481 e. The van der Waals surface area contributed by atoms with Gasteiger partial charge in [0.05, 0.1) is 0 Å². The minimum absolute atomic E-state index is 0.159. The van der Waals surface area contributed by atoms with Crippen molar-refractivity contribution in [2.75, 3.05) is 13.2 Å². The van der Waals surface area contributed by atoms with Crippen LogP contribution in [0.4, 0.5) is 0 Å². The van der Waals surface area contributed by atoms with Gasteiger partial charge in [-0.25, -0.2) is 4.79 Å². The zero-order valence-corrected chi connectivity index (χ0v) is 16.3. The first-order chi connectivity index (χ1) is 13.4. The first-order valence-electron chi connectivity index (χ1n) is 9.17. The van der Waals surface area contributed by atoms with Gasteiger partial charge in [-0.05, 0) is 62.1 Å². The molecule has 6 heteroatoms. The number of carboxylic acid groups (broad SMARTS) is 1. The van der Waals surface area contributed by atoms with E-state index in [2.05, 4.69) is 16.4 Å². The van der Waals surface area contributed by atoms with E-state index in [0.29, 0.717) is 17.9 Å². The van der Waals surface area contributed by atoms with Crippen molar-refractivity contribution >= 4 is 22.8 Å². The van der Waals surface area contributed by atoms with Crippen LogP contribution in [-0.4, -0.2) is 35.1 Å². The van der Waals surface area contributed by atoms with Gasteiger partial charge in [0.25, 0.3) is 5.91 Å². The molecule has 0 aliphatic carbocycles. The van der Waals surface area contributed by atoms with E-state index in [1.54, 1.807) is 26.0 Å². The van der Waals surface area contributed by atoms with E-state index in [1.807, 2.05) is 25.1 Å². The molecule has 0 saturated heterocycles. The van der Waals surface area contributed by atoms with Gasteiger partial charge in [-0.2, -0.15) is 0 Å². The lowest BCUT2D eigenvalue weighted by molar-refractivity contribution is -0.139. The van der Waals surface area contributed by atoms with Crippen LogP contribution in [-0.2, 0) is 11.2 Å². The predicted molar refractivity (Wildman–Crippen MR) is 108 cm³/mol. The summed E-state index contributed by atoms with van der Waals surface area (Å²) in [5, 5.41) is 12.9. The highest BCUT2D eigenvalue weighted by Gasteiger charge is 2.13. The van der Waals surface area contributed by atoms with Crippen LogP contribution in [0.2, 0.25) is 0 Å². The molecule has 0 radical (unpaired) electrons. The SMILES string of the molecule is Cc1cc(C(=O)NCCc2c(C)[nH]c3ccccc23)cc(C)c1OCC(=O)O. The molecule has 0 unspecified atom stereocenters. The molecular weight excluding hydrogens is 356 g/mol. The average Bonchev–Trinajstić information content (AvgIpc) is 2.96. The van der Waals surface area contributed by atoms with Gasteiger partial charge in [0.15, 0.2) is 6.61 Å². The molecule has 6 nitrogen and oxygen atoms in total. The standard InChI is InChI=1S/C22H24N2O4/c1-13-10-16(11-14(2)21(13)28-12-20(25)26)22(27)23-9-8-17-15(3)24-19-7-5-4-6-18(17)19/h4-7,10-11,24H,8-9,12H2,1-3H3,(H,23,27)(H,25,26). The number of nitrogens with one attached hydrogen (secondary N) is 2. The highest BCUT2D eigenvalue weighted by Crippen LogP contribution is 2.25. The molecule has 0 saturated carbocycles. The van der Waals surface area contributed by atoms with E-state index >= 15 is 0 Å². The van der Waals surface area contributed by atoms with E-state index in [0.717, 1.165) is 28.8 Å². The summed E-state index contributed by atoms with van der Waals surface area (Å²) in [6, 6.07) is 11.6. The van der Waals surface area contributed by atoms with Crippen molar-refractivity contribution in [3.63, 3.8) is 0 Å². The fourth-order valence-electron chi connectivity index (χ4n) is 3.50. The number of aromatic nitrogens is 1. The molecule has 0 spiro atoms. The van der Waals surface area contributed by atoms with Gasteiger partial charge in [-0.15, -0.1) is 0 Å². The summed E-state index contributed by atoms with van der Waals surface area (Å²) in [5.74, 6) is -0.685. The van der Waals surface area contributed by atoms with Crippen LogP contribution in [0, 0.1) is 20.8 Å². The summed E-state index contributed by atoms with van der Waals surface area (Å²) in [7, 11) is 0. The number of aromatic amines is 1. The maximum absolute atomic E-state index is 12.5. The molecule has 3 N–H and O–H groups in total. The quantitative estimate of drug-likeness (QED) is 0.585. The number of H-pyrrole nitrogens is 1. The number of carbonyl (C=O) groups excluding carboxylic acids is 1. The van der Waals surface area contributed by atoms with E-state index in [9.17, 15) is 9.59 Å². The zero-order valence-electron chi connectivity index (χ0n) is 16.3. The van der Waals surface area contributed by atoms with Gasteiger partial charge in [0, 0.05) is 28.7 Å². The van der Waals surface area contributed by atoms with Crippen LogP contribution < -0.4 is 10.1 Å². The number of carbonyl (C=O) groups is 2. The number of ether oxygens (including phenoxy) is 1. The van der Waals surface area contributed by atoms with E-state index in [1.165, 1.54) is 10.9 Å². The summed E-state index contributed by atoms with van der Waals surface area (Å²) in [6.45, 7) is 5.76. The molecule has 0 aliphatic heterocycles. The van der Waals surface area contributed by atoms with Gasteiger partial charge in [0.1, 0.15) is 5.75 Å². The zero-order chi connectivity index (χ0) is 20.3. The third kappa shape index (κ3) is 4.17. The second-order valence-electron chi connectivity index (χ2n) is 6.90. The lowest BCUT2D eigenvalue weighted by atomic mass is 10.0. The Labute approximate surface area is 163 Å². The van der Waals surface area contributed by atoms with Crippen LogP contribution in [0.1, 0.15) is 32.7 Å². The Morgan fingerprint density at radius 2 is 1.79 bits per heavy atom. The predicted octanol–water partition coefficient (Wildman–Crippen LogP) is 3.53. The van der Waals surface area contributed by atoms with E-state index in [4.69, 9.17) is 9.84 Å². The highest BCUT2D eigenvalue weighted by atomic mass is 16.5. The van der Waals surface area contributed by atoms with Gasteiger partial charge in [-0.3, -0.25) is 4.79 Å². The molecule has 0 aliphatic rings. The molecule has 0 fully saturated rings. The Morgan fingerprint density at radius 3 is 2.46 bits per heavy atom. The summed E-state index contributed by atoms with van der Waals surface area (Å²) in [6.07, 6.45) is 0.735. The van der Waals surface area contributed by atoms with Crippen molar-refractivity contribution in [3.05, 3.63) is 64.3 Å². The molecule has 0 bridgehead atoms. The number of benzene rings is 2. The summed E-state index contributed by atoms with van der Waals surface area (Å²) >= 11 is 0. The van der Waals surface area contributed by atoms with E-state index in [-0.39, 0.29) is 5.91 Å². The Morgan fingerprint density at radius 1 is 1.11 bits per heavy atom. The number of rotatable bonds is 7. The third-order valence-electron chi connectivity index (χ3n) is 4.75. The minimum Gasteiger partial charge on any atom is -0.481 e. The molecule has 0 atom stereocenters. The van der Waals surface area contributed by atoms with Crippen LogP contribution in [0.3, 0.4) is 0 Å². The van der Waals surface area contributed by atoms with Gasteiger partial charge in [-0.1, -0.05) is 18.2 Å². The third-order valence-corrected chi connectivity index (χ3v) is 4.75. The number of aryl methyl sites for hydroxylation is 3. The Bertz CT molecular complexity index is 1010. The number of hydrogen-bond donors (Lipinski definition) is 3. The molecule has 1 amide bonds. The van der Waals surface area contributed by atoms with E-state index < -0.39 is 12.6 Å². The molecule has 3 rings (SSSR count). The van der Waals surface area contributed by atoms with Gasteiger partial charge in [0.2, 0.25) is 0 Å². The average molecular weight is 380 g/mol. The van der Waals surface area contributed by atoms with Crippen molar-refractivity contribution in [1.82, 2.24) is 10.3 Å². The van der Waals surface area contributed by atoms with Crippen LogP contribution in [0.15, 0.2) is 36.4 Å². The molecule has 1 aromatic heterocycles.